The lowest BCUT2D eigenvalue weighted by Crippen LogP contribution is -2.56. The van der Waals surface area contributed by atoms with E-state index < -0.39 is 0 Å². The highest BCUT2D eigenvalue weighted by Crippen LogP contribution is 2.27. The Bertz CT molecular complexity index is 1210. The molecule has 6 nitrogen and oxygen atoms in total. The van der Waals surface area contributed by atoms with E-state index in [-0.39, 0.29) is 12.0 Å². The molecule has 1 aliphatic rings. The van der Waals surface area contributed by atoms with Gasteiger partial charge in [-0.05, 0) is 37.3 Å². The molecule has 1 amide bonds. The largest absolute Gasteiger partial charge is 0.487 e. The van der Waals surface area contributed by atoms with E-state index in [1.54, 1.807) is 4.90 Å². The van der Waals surface area contributed by atoms with E-state index in [0.29, 0.717) is 36.1 Å². The van der Waals surface area contributed by atoms with Crippen molar-refractivity contribution in [3.05, 3.63) is 90.0 Å². The first kappa shape index (κ1) is 19.1. The minimum Gasteiger partial charge on any atom is -0.487 e. The Morgan fingerprint density at radius 3 is 2.55 bits per heavy atom. The number of carbonyl (C=O) groups excluding carboxylic acids is 1. The van der Waals surface area contributed by atoms with Gasteiger partial charge in [0.25, 0.3) is 11.8 Å². The van der Waals surface area contributed by atoms with Crippen molar-refractivity contribution in [3.63, 3.8) is 0 Å². The van der Waals surface area contributed by atoms with Gasteiger partial charge in [-0.1, -0.05) is 59.3 Å². The number of nitrogens with zero attached hydrogens (tertiary/aromatic N) is 3. The number of hydrogen-bond donors (Lipinski definition) is 0. The highest BCUT2D eigenvalue weighted by atomic mass is 16.5. The molecule has 0 aliphatic carbocycles. The summed E-state index contributed by atoms with van der Waals surface area (Å²) in [6.07, 6.45) is -0.0356. The summed E-state index contributed by atoms with van der Waals surface area (Å²) >= 11 is 0. The van der Waals surface area contributed by atoms with Crippen molar-refractivity contribution in [2.24, 2.45) is 0 Å². The number of rotatable bonds is 5. The predicted octanol–water partition coefficient (Wildman–Crippen LogP) is 4.62. The molecular formula is C25H21N3O3. The fourth-order valence-electron chi connectivity index (χ4n) is 3.58. The van der Waals surface area contributed by atoms with E-state index in [1.165, 1.54) is 0 Å². The summed E-state index contributed by atoms with van der Waals surface area (Å²) in [6, 6.07) is 24.9. The van der Waals surface area contributed by atoms with Crippen molar-refractivity contribution < 1.29 is 14.1 Å². The van der Waals surface area contributed by atoms with Gasteiger partial charge in [0, 0.05) is 16.7 Å². The van der Waals surface area contributed by atoms with Gasteiger partial charge in [0.05, 0.1) is 13.1 Å². The number of ether oxygens (including phenoxy) is 1. The van der Waals surface area contributed by atoms with Gasteiger partial charge >= 0.3 is 0 Å². The van der Waals surface area contributed by atoms with Crippen LogP contribution < -0.4 is 4.74 Å². The van der Waals surface area contributed by atoms with Crippen molar-refractivity contribution in [1.29, 1.82) is 0 Å². The third kappa shape index (κ3) is 4.05. The zero-order chi connectivity index (χ0) is 21.2. The summed E-state index contributed by atoms with van der Waals surface area (Å²) < 4.78 is 11.5. The van der Waals surface area contributed by atoms with Crippen LogP contribution >= 0.6 is 0 Å². The lowest BCUT2D eigenvalue weighted by atomic mass is 10.1. The summed E-state index contributed by atoms with van der Waals surface area (Å²) in [4.78, 5) is 18.9. The maximum absolute atomic E-state index is 12.6. The summed E-state index contributed by atoms with van der Waals surface area (Å²) in [6.45, 7) is 3.11. The van der Waals surface area contributed by atoms with Crippen LogP contribution in [0.5, 0.6) is 5.75 Å². The molecule has 0 radical (unpaired) electrons. The number of benzene rings is 3. The Morgan fingerprint density at radius 2 is 1.74 bits per heavy atom. The summed E-state index contributed by atoms with van der Waals surface area (Å²) in [5, 5.41) is 4.07. The highest BCUT2D eigenvalue weighted by Gasteiger charge is 2.33. The first-order chi connectivity index (χ1) is 15.2. The number of aryl methyl sites for hydroxylation is 1. The minimum atomic E-state index is -0.0356. The zero-order valence-corrected chi connectivity index (χ0v) is 17.1. The number of amides is 1. The average Bonchev–Trinajstić information content (AvgIpc) is 3.27. The second-order valence-corrected chi connectivity index (χ2v) is 7.64. The maximum atomic E-state index is 12.6. The van der Waals surface area contributed by atoms with Crippen LogP contribution in [0.2, 0.25) is 0 Å². The lowest BCUT2D eigenvalue weighted by Gasteiger charge is -2.39. The van der Waals surface area contributed by atoms with Crippen LogP contribution in [-0.2, 0) is 0 Å². The van der Waals surface area contributed by atoms with Crippen LogP contribution in [0.3, 0.4) is 0 Å². The first-order valence-corrected chi connectivity index (χ1v) is 10.2. The third-order valence-electron chi connectivity index (χ3n) is 5.24. The molecule has 0 atom stereocenters. The summed E-state index contributed by atoms with van der Waals surface area (Å²) in [5.74, 6) is 1.74. The third-order valence-corrected chi connectivity index (χ3v) is 5.24. The molecule has 5 rings (SSSR count). The van der Waals surface area contributed by atoms with Crippen molar-refractivity contribution >= 4 is 5.91 Å². The highest BCUT2D eigenvalue weighted by molar-refractivity contribution is 5.95. The molecule has 3 aromatic carbocycles. The van der Waals surface area contributed by atoms with Gasteiger partial charge in [0.2, 0.25) is 5.82 Å². The monoisotopic (exact) mass is 411 g/mol. The van der Waals surface area contributed by atoms with Gasteiger partial charge in [-0.3, -0.25) is 4.79 Å². The lowest BCUT2D eigenvalue weighted by molar-refractivity contribution is 0.0178. The van der Waals surface area contributed by atoms with Crippen molar-refractivity contribution in [1.82, 2.24) is 15.0 Å². The van der Waals surface area contributed by atoms with Gasteiger partial charge in [0.15, 0.2) is 0 Å². The van der Waals surface area contributed by atoms with Gasteiger partial charge in [-0.2, -0.15) is 4.98 Å². The van der Waals surface area contributed by atoms with E-state index in [9.17, 15) is 4.79 Å². The Labute approximate surface area is 180 Å². The van der Waals surface area contributed by atoms with Crippen LogP contribution in [0.15, 0.2) is 83.4 Å². The molecule has 0 bridgehead atoms. The molecular weight excluding hydrogens is 390 g/mol. The van der Waals surface area contributed by atoms with Gasteiger partial charge in [0.1, 0.15) is 11.9 Å². The van der Waals surface area contributed by atoms with Gasteiger partial charge < -0.3 is 14.2 Å². The molecule has 6 heteroatoms. The van der Waals surface area contributed by atoms with Crippen LogP contribution in [0.25, 0.3) is 22.8 Å². The summed E-state index contributed by atoms with van der Waals surface area (Å²) in [5.41, 5.74) is 3.48. The molecule has 31 heavy (non-hydrogen) atoms. The second-order valence-electron chi connectivity index (χ2n) is 7.64. The van der Waals surface area contributed by atoms with Crippen molar-refractivity contribution in [3.8, 4) is 28.6 Å². The molecule has 0 unspecified atom stereocenters. The number of hydrogen-bond acceptors (Lipinski definition) is 5. The first-order valence-electron chi connectivity index (χ1n) is 10.2. The van der Waals surface area contributed by atoms with E-state index in [1.807, 2.05) is 85.8 Å². The fraction of sp³-hybridized carbons (Fsp3) is 0.160. The second kappa shape index (κ2) is 8.07. The number of carbonyl (C=O) groups is 1. The standard InChI is InChI=1S/C25H21N3O3/c1-17-7-5-11-20(13-17)25(29)28-15-22(16-28)30-21-12-6-10-19(14-21)24-26-23(27-31-24)18-8-3-2-4-9-18/h2-14,22H,15-16H2,1H3. The SMILES string of the molecule is Cc1cccc(C(=O)N2CC(Oc3cccc(-c4nc(-c5ccccc5)no4)c3)C2)c1. The maximum Gasteiger partial charge on any atom is 0.258 e. The molecule has 1 aromatic heterocycles. The molecule has 1 saturated heterocycles. The van der Waals surface area contributed by atoms with Crippen LogP contribution in [0.4, 0.5) is 0 Å². The Morgan fingerprint density at radius 1 is 0.968 bits per heavy atom. The predicted molar refractivity (Wildman–Crippen MR) is 117 cm³/mol. The topological polar surface area (TPSA) is 68.5 Å². The van der Waals surface area contributed by atoms with Crippen molar-refractivity contribution in [2.45, 2.75) is 13.0 Å². The van der Waals surface area contributed by atoms with Gasteiger partial charge in [-0.25, -0.2) is 0 Å². The Hall–Kier alpha value is -3.93. The van der Waals surface area contributed by atoms with Crippen LogP contribution in [0.1, 0.15) is 15.9 Å². The molecule has 1 fully saturated rings. The quantitative estimate of drug-likeness (QED) is 0.480. The molecule has 0 saturated carbocycles. The molecule has 4 aromatic rings. The number of aromatic nitrogens is 2. The van der Waals surface area contributed by atoms with E-state index in [2.05, 4.69) is 10.1 Å². The Balaban J connectivity index is 1.23. The fourth-order valence-corrected chi connectivity index (χ4v) is 3.58. The van der Waals surface area contributed by atoms with Crippen LogP contribution in [-0.4, -0.2) is 40.1 Å². The van der Waals surface area contributed by atoms with E-state index in [4.69, 9.17) is 9.26 Å². The minimum absolute atomic E-state index is 0.0356. The normalized spacial score (nSPS) is 13.6. The average molecular weight is 411 g/mol. The molecule has 154 valence electrons. The zero-order valence-electron chi connectivity index (χ0n) is 17.1. The van der Waals surface area contributed by atoms with Gasteiger partial charge in [-0.15, -0.1) is 0 Å². The Kier molecular flexibility index (Phi) is 4.96. The van der Waals surface area contributed by atoms with Crippen LogP contribution in [0, 0.1) is 6.92 Å². The van der Waals surface area contributed by atoms with E-state index in [0.717, 1.165) is 16.7 Å². The number of likely N-dealkylation sites (tertiary alicyclic amines) is 1. The smallest absolute Gasteiger partial charge is 0.258 e. The molecule has 0 spiro atoms. The molecule has 2 heterocycles. The van der Waals surface area contributed by atoms with Crippen molar-refractivity contribution in [2.75, 3.05) is 13.1 Å². The summed E-state index contributed by atoms with van der Waals surface area (Å²) in [7, 11) is 0. The molecule has 1 aliphatic heterocycles. The molecule has 0 N–H and O–H groups in total. The van der Waals surface area contributed by atoms with E-state index >= 15 is 0 Å².